The third-order valence-electron chi connectivity index (χ3n) is 4.97. The molecular weight excluding hydrogens is 459 g/mol. The van der Waals surface area contributed by atoms with Crippen molar-refractivity contribution in [2.45, 2.75) is 96.8 Å². The molecule has 4 nitrogen and oxygen atoms in total. The fourth-order valence-corrected chi connectivity index (χ4v) is 3.72. The molecule has 1 aromatic carbocycles. The van der Waals surface area contributed by atoms with Gasteiger partial charge in [-0.1, -0.05) is 99.5 Å². The van der Waals surface area contributed by atoms with Gasteiger partial charge in [0, 0.05) is 18.9 Å². The standard InChI is InChI=1S/C24H35Cl3O4/c1-2-3-4-5-10-13-16-30-23(28)14-11-8-6-7-9-12-15-24(29)31-22-18-20(26)19(25)17-21(22)27/h17-18H,2-16H2,1H3. The highest BCUT2D eigenvalue weighted by molar-refractivity contribution is 6.43. The van der Waals surface area contributed by atoms with Crippen molar-refractivity contribution < 1.29 is 19.1 Å². The van der Waals surface area contributed by atoms with Crippen LogP contribution in [-0.2, 0) is 14.3 Å². The largest absolute Gasteiger partial charge is 0.466 e. The van der Waals surface area contributed by atoms with E-state index in [9.17, 15) is 9.59 Å². The third-order valence-corrected chi connectivity index (χ3v) is 5.99. The van der Waals surface area contributed by atoms with E-state index in [1.165, 1.54) is 37.8 Å². The number of esters is 2. The average molecular weight is 494 g/mol. The summed E-state index contributed by atoms with van der Waals surface area (Å²) < 4.78 is 10.5. The zero-order valence-electron chi connectivity index (χ0n) is 18.5. The number of hydrogen-bond acceptors (Lipinski definition) is 4. The van der Waals surface area contributed by atoms with E-state index in [-0.39, 0.29) is 22.7 Å². The monoisotopic (exact) mass is 492 g/mol. The van der Waals surface area contributed by atoms with Crippen molar-refractivity contribution in [2.24, 2.45) is 0 Å². The number of benzene rings is 1. The molecule has 7 heteroatoms. The van der Waals surface area contributed by atoms with E-state index in [4.69, 9.17) is 44.3 Å². The summed E-state index contributed by atoms with van der Waals surface area (Å²) in [4.78, 5) is 23.6. The van der Waals surface area contributed by atoms with E-state index < -0.39 is 0 Å². The lowest BCUT2D eigenvalue weighted by Gasteiger charge is -2.08. The molecule has 0 saturated carbocycles. The van der Waals surface area contributed by atoms with Crippen molar-refractivity contribution in [1.82, 2.24) is 0 Å². The maximum atomic E-state index is 11.9. The van der Waals surface area contributed by atoms with Gasteiger partial charge in [0.2, 0.25) is 0 Å². The molecule has 0 aliphatic rings. The van der Waals surface area contributed by atoms with Crippen molar-refractivity contribution in [3.8, 4) is 5.75 Å². The molecule has 0 atom stereocenters. The normalized spacial score (nSPS) is 10.8. The van der Waals surface area contributed by atoms with Crippen LogP contribution in [0.2, 0.25) is 15.1 Å². The number of carbonyl (C=O) groups is 2. The van der Waals surface area contributed by atoms with Gasteiger partial charge in [-0.2, -0.15) is 0 Å². The number of ether oxygens (including phenoxy) is 2. The van der Waals surface area contributed by atoms with E-state index in [0.717, 1.165) is 51.4 Å². The summed E-state index contributed by atoms with van der Waals surface area (Å²) >= 11 is 17.8. The molecule has 0 fully saturated rings. The van der Waals surface area contributed by atoms with Gasteiger partial charge in [-0.3, -0.25) is 9.59 Å². The van der Waals surface area contributed by atoms with E-state index >= 15 is 0 Å². The number of unbranched alkanes of at least 4 members (excludes halogenated alkanes) is 10. The van der Waals surface area contributed by atoms with Crippen LogP contribution in [0.4, 0.5) is 0 Å². The van der Waals surface area contributed by atoms with Gasteiger partial charge in [0.15, 0.2) is 5.75 Å². The van der Waals surface area contributed by atoms with Crippen LogP contribution in [0.1, 0.15) is 96.8 Å². The maximum Gasteiger partial charge on any atom is 0.311 e. The Kier molecular flexibility index (Phi) is 15.9. The Morgan fingerprint density at radius 2 is 1.19 bits per heavy atom. The van der Waals surface area contributed by atoms with Gasteiger partial charge in [0.05, 0.1) is 21.7 Å². The smallest absolute Gasteiger partial charge is 0.311 e. The van der Waals surface area contributed by atoms with Crippen molar-refractivity contribution in [3.63, 3.8) is 0 Å². The van der Waals surface area contributed by atoms with Crippen LogP contribution >= 0.6 is 34.8 Å². The molecule has 31 heavy (non-hydrogen) atoms. The van der Waals surface area contributed by atoms with Crippen molar-refractivity contribution >= 4 is 46.7 Å². The quantitative estimate of drug-likeness (QED) is 0.0943. The summed E-state index contributed by atoms with van der Waals surface area (Å²) in [7, 11) is 0. The number of rotatable bonds is 17. The Morgan fingerprint density at radius 3 is 1.84 bits per heavy atom. The summed E-state index contributed by atoms with van der Waals surface area (Å²) in [6, 6.07) is 2.90. The van der Waals surface area contributed by atoms with E-state index in [0.29, 0.717) is 29.5 Å². The number of halogens is 3. The molecule has 0 aliphatic heterocycles. The topological polar surface area (TPSA) is 52.6 Å². The first-order valence-electron chi connectivity index (χ1n) is 11.4. The van der Waals surface area contributed by atoms with Gasteiger partial charge in [0.1, 0.15) is 0 Å². The van der Waals surface area contributed by atoms with Gasteiger partial charge < -0.3 is 9.47 Å². The summed E-state index contributed by atoms with van der Waals surface area (Å²) in [6.45, 7) is 2.75. The lowest BCUT2D eigenvalue weighted by atomic mass is 10.1. The Morgan fingerprint density at radius 1 is 0.677 bits per heavy atom. The van der Waals surface area contributed by atoms with Crippen molar-refractivity contribution in [2.75, 3.05) is 6.61 Å². The Labute approximate surface area is 201 Å². The van der Waals surface area contributed by atoms with Gasteiger partial charge in [-0.25, -0.2) is 0 Å². The summed E-state index contributed by atoms with van der Waals surface area (Å²) in [6.07, 6.45) is 13.6. The Balaban J connectivity index is 1.96. The summed E-state index contributed by atoms with van der Waals surface area (Å²) in [5, 5.41) is 0.867. The average Bonchev–Trinajstić information content (AvgIpc) is 2.73. The van der Waals surface area contributed by atoms with Crippen LogP contribution in [0.3, 0.4) is 0 Å². The molecule has 1 rings (SSSR count). The zero-order chi connectivity index (χ0) is 22.9. The minimum absolute atomic E-state index is 0.0859. The molecule has 0 saturated heterocycles. The predicted octanol–water partition coefficient (Wildman–Crippen LogP) is 8.58. The molecular formula is C24H35Cl3O4. The molecule has 0 bridgehead atoms. The molecule has 0 amide bonds. The molecule has 1 aromatic rings. The number of hydrogen-bond donors (Lipinski definition) is 0. The van der Waals surface area contributed by atoms with Crippen LogP contribution in [0.5, 0.6) is 5.75 Å². The SMILES string of the molecule is CCCCCCCCOC(=O)CCCCCCCCC(=O)Oc1cc(Cl)c(Cl)cc1Cl. The molecule has 176 valence electrons. The molecule has 0 unspecified atom stereocenters. The highest BCUT2D eigenvalue weighted by atomic mass is 35.5. The lowest BCUT2D eigenvalue weighted by molar-refractivity contribution is -0.144. The lowest BCUT2D eigenvalue weighted by Crippen LogP contribution is -2.08. The van der Waals surface area contributed by atoms with Crippen LogP contribution in [0.25, 0.3) is 0 Å². The minimum Gasteiger partial charge on any atom is -0.466 e. The molecule has 0 heterocycles. The zero-order valence-corrected chi connectivity index (χ0v) is 20.8. The van der Waals surface area contributed by atoms with E-state index in [1.807, 2.05) is 0 Å². The summed E-state index contributed by atoms with van der Waals surface area (Å²) in [5.74, 6) is -0.199. The van der Waals surface area contributed by atoms with Gasteiger partial charge in [-0.05, 0) is 25.3 Å². The molecule has 0 aromatic heterocycles. The molecule has 0 aliphatic carbocycles. The first-order valence-corrected chi connectivity index (χ1v) is 12.6. The van der Waals surface area contributed by atoms with Crippen LogP contribution < -0.4 is 4.74 Å². The Hall–Kier alpha value is -0.970. The second-order valence-electron chi connectivity index (χ2n) is 7.78. The second-order valence-corrected chi connectivity index (χ2v) is 9.00. The second kappa shape index (κ2) is 17.6. The third kappa shape index (κ3) is 13.9. The fourth-order valence-electron chi connectivity index (χ4n) is 3.14. The van der Waals surface area contributed by atoms with Crippen LogP contribution in [0.15, 0.2) is 12.1 Å². The predicted molar refractivity (Wildman–Crippen MR) is 128 cm³/mol. The summed E-state index contributed by atoms with van der Waals surface area (Å²) in [5.41, 5.74) is 0. The van der Waals surface area contributed by atoms with Crippen LogP contribution in [0, 0.1) is 0 Å². The first-order chi connectivity index (χ1) is 14.9. The number of carbonyl (C=O) groups excluding carboxylic acids is 2. The van der Waals surface area contributed by atoms with Gasteiger partial charge in [-0.15, -0.1) is 0 Å². The maximum absolute atomic E-state index is 11.9. The highest BCUT2D eigenvalue weighted by Gasteiger charge is 2.11. The fraction of sp³-hybridized carbons (Fsp3) is 0.667. The van der Waals surface area contributed by atoms with Gasteiger partial charge in [0.25, 0.3) is 0 Å². The minimum atomic E-state index is -0.339. The first kappa shape index (κ1) is 28.1. The van der Waals surface area contributed by atoms with Crippen molar-refractivity contribution in [3.05, 3.63) is 27.2 Å². The van der Waals surface area contributed by atoms with Crippen LogP contribution in [-0.4, -0.2) is 18.5 Å². The van der Waals surface area contributed by atoms with Gasteiger partial charge >= 0.3 is 11.9 Å². The molecule has 0 N–H and O–H groups in total. The Bertz CT molecular complexity index is 664. The molecule has 0 radical (unpaired) electrons. The van der Waals surface area contributed by atoms with E-state index in [2.05, 4.69) is 6.92 Å². The van der Waals surface area contributed by atoms with E-state index in [1.54, 1.807) is 0 Å². The van der Waals surface area contributed by atoms with Crippen molar-refractivity contribution in [1.29, 1.82) is 0 Å². The highest BCUT2D eigenvalue weighted by Crippen LogP contribution is 2.34. The molecule has 0 spiro atoms.